The predicted molar refractivity (Wildman–Crippen MR) is 195 cm³/mol. The lowest BCUT2D eigenvalue weighted by atomic mass is 9.93. The molecule has 3 rings (SSSR count). The Bertz CT molecular complexity index is 1590. The van der Waals surface area contributed by atoms with E-state index in [2.05, 4.69) is 31.2 Å². The van der Waals surface area contributed by atoms with Crippen LogP contribution in [0.15, 0.2) is 48.9 Å². The summed E-state index contributed by atoms with van der Waals surface area (Å²) < 4.78 is 0. The lowest BCUT2D eigenvalue weighted by Crippen LogP contribution is -2.60. The van der Waals surface area contributed by atoms with Crippen molar-refractivity contribution in [2.45, 2.75) is 110 Å². The van der Waals surface area contributed by atoms with Crippen LogP contribution in [-0.2, 0) is 35.2 Å². The molecule has 0 aliphatic carbocycles. The summed E-state index contributed by atoms with van der Waals surface area (Å²) in [6.45, 7) is 11.0. The van der Waals surface area contributed by atoms with Gasteiger partial charge in [0.05, 0.1) is 12.2 Å². The normalized spacial score (nSPS) is 17.7. The van der Waals surface area contributed by atoms with Crippen LogP contribution in [0.2, 0.25) is 0 Å². The number of aliphatic carboxylic acids is 1. The summed E-state index contributed by atoms with van der Waals surface area (Å²) in [4.78, 5) is 103. The van der Waals surface area contributed by atoms with Crippen LogP contribution in [0.25, 0.3) is 0 Å². The van der Waals surface area contributed by atoms with Gasteiger partial charge in [-0.25, -0.2) is 9.78 Å². The van der Waals surface area contributed by atoms with Crippen LogP contribution in [0.4, 0.5) is 0 Å². The molecule has 0 radical (unpaired) electrons. The van der Waals surface area contributed by atoms with E-state index in [0.29, 0.717) is 24.8 Å². The Morgan fingerprint density at radius 2 is 1.53 bits per heavy atom. The standard InChI is InChI=1S/C38H53N7O8/c1-7-12-25-16-19-45(37(51)30(23(5)6)44-34(48)29(22(3)4)43-33(47)28-21-39-17-18-40-28)31(25)35(49)41-26(13-8-2)32(46)36(50)42-27(38(52)53)20-24-14-10-9-11-15-24/h9-11,14-15,17-18,21-23,25-27,29-31H,7-8,12-13,16,19-20H2,1-6H3,(H,41,49)(H,42,50)(H,43,47)(H,44,48)(H,52,53)/t25?,26?,27-,29-,30-,31-/m0/s1. The molecule has 1 aliphatic rings. The van der Waals surface area contributed by atoms with Crippen molar-refractivity contribution in [3.63, 3.8) is 0 Å². The third-order valence-electron chi connectivity index (χ3n) is 9.32. The fourth-order valence-corrected chi connectivity index (χ4v) is 6.49. The maximum absolute atomic E-state index is 14.3. The first-order valence-electron chi connectivity index (χ1n) is 18.3. The van der Waals surface area contributed by atoms with Crippen LogP contribution in [0.1, 0.15) is 89.7 Å². The van der Waals surface area contributed by atoms with E-state index in [1.54, 1.807) is 65.0 Å². The van der Waals surface area contributed by atoms with Gasteiger partial charge >= 0.3 is 5.97 Å². The predicted octanol–water partition coefficient (Wildman–Crippen LogP) is 2.06. The van der Waals surface area contributed by atoms with Crippen molar-refractivity contribution in [2.24, 2.45) is 17.8 Å². The molecule has 53 heavy (non-hydrogen) atoms. The number of amides is 5. The zero-order valence-corrected chi connectivity index (χ0v) is 31.3. The fourth-order valence-electron chi connectivity index (χ4n) is 6.49. The van der Waals surface area contributed by atoms with Crippen molar-refractivity contribution in [1.29, 1.82) is 0 Å². The van der Waals surface area contributed by atoms with Crippen molar-refractivity contribution < 1.29 is 38.7 Å². The molecule has 2 aromatic rings. The van der Waals surface area contributed by atoms with E-state index in [-0.39, 0.29) is 36.9 Å². The van der Waals surface area contributed by atoms with Crippen molar-refractivity contribution in [3.05, 3.63) is 60.2 Å². The van der Waals surface area contributed by atoms with Gasteiger partial charge in [0, 0.05) is 25.4 Å². The number of nitrogens with one attached hydrogen (secondary N) is 4. The molecule has 1 aliphatic heterocycles. The Hall–Kier alpha value is -5.21. The summed E-state index contributed by atoms with van der Waals surface area (Å²) >= 11 is 0. The molecular weight excluding hydrogens is 682 g/mol. The second-order valence-electron chi connectivity index (χ2n) is 14.1. The summed E-state index contributed by atoms with van der Waals surface area (Å²) in [6, 6.07) is 2.98. The summed E-state index contributed by atoms with van der Waals surface area (Å²) in [7, 11) is 0. The second kappa shape index (κ2) is 20.1. The van der Waals surface area contributed by atoms with Crippen LogP contribution in [0, 0.1) is 17.8 Å². The Morgan fingerprint density at radius 3 is 2.09 bits per heavy atom. The van der Waals surface area contributed by atoms with E-state index in [9.17, 15) is 38.7 Å². The van der Waals surface area contributed by atoms with Gasteiger partial charge in [0.15, 0.2) is 0 Å². The quantitative estimate of drug-likeness (QED) is 0.132. The van der Waals surface area contributed by atoms with Gasteiger partial charge in [0.2, 0.25) is 23.5 Å². The number of nitrogens with zero attached hydrogens (tertiary/aromatic N) is 3. The third kappa shape index (κ3) is 11.6. The molecule has 6 atom stereocenters. The lowest BCUT2D eigenvalue weighted by Gasteiger charge is -2.34. The van der Waals surface area contributed by atoms with E-state index in [4.69, 9.17) is 0 Å². The highest BCUT2D eigenvalue weighted by Gasteiger charge is 2.45. The number of hydrogen-bond donors (Lipinski definition) is 5. The maximum Gasteiger partial charge on any atom is 0.326 e. The zero-order chi connectivity index (χ0) is 39.2. The molecule has 15 heteroatoms. The van der Waals surface area contributed by atoms with Gasteiger partial charge in [0.25, 0.3) is 11.8 Å². The largest absolute Gasteiger partial charge is 0.480 e. The van der Waals surface area contributed by atoms with Crippen LogP contribution in [-0.4, -0.2) is 98.0 Å². The van der Waals surface area contributed by atoms with Gasteiger partial charge in [0.1, 0.15) is 29.9 Å². The number of ketones is 1. The molecule has 0 bridgehead atoms. The Morgan fingerprint density at radius 1 is 0.849 bits per heavy atom. The fraction of sp³-hybridized carbons (Fsp3) is 0.553. The van der Waals surface area contributed by atoms with Crippen LogP contribution < -0.4 is 21.3 Å². The number of carbonyl (C=O) groups is 7. The minimum absolute atomic E-state index is 0.0292. The van der Waals surface area contributed by atoms with Crippen LogP contribution in [0.3, 0.4) is 0 Å². The molecule has 5 N–H and O–H groups in total. The summed E-state index contributed by atoms with van der Waals surface area (Å²) in [5.41, 5.74) is 0.683. The highest BCUT2D eigenvalue weighted by atomic mass is 16.4. The number of Topliss-reactive ketones (excluding diaryl/α,β-unsaturated/α-hetero) is 1. The summed E-state index contributed by atoms with van der Waals surface area (Å²) in [5.74, 6) is -6.73. The first-order chi connectivity index (χ1) is 25.2. The van der Waals surface area contributed by atoms with Gasteiger partial charge in [-0.15, -0.1) is 0 Å². The molecule has 288 valence electrons. The zero-order valence-electron chi connectivity index (χ0n) is 31.3. The smallest absolute Gasteiger partial charge is 0.326 e. The molecule has 1 aromatic carbocycles. The molecule has 1 aromatic heterocycles. The SMILES string of the molecule is CCCC(NC(=O)[C@@H]1C(CCC)CCN1C(=O)[C@@H](NC(=O)[C@@H](NC(=O)c1cnccn1)C(C)C)C(C)C)C(=O)C(=O)N[C@@H](Cc1ccccc1)C(=O)O. The van der Waals surface area contributed by atoms with E-state index in [1.165, 1.54) is 23.5 Å². The minimum Gasteiger partial charge on any atom is -0.480 e. The number of rotatable bonds is 19. The molecular formula is C38H53N7O8. The van der Waals surface area contributed by atoms with E-state index < -0.39 is 77.4 Å². The van der Waals surface area contributed by atoms with Gasteiger partial charge in [-0.2, -0.15) is 0 Å². The molecule has 1 fully saturated rings. The molecule has 5 amide bonds. The van der Waals surface area contributed by atoms with Gasteiger partial charge < -0.3 is 31.3 Å². The third-order valence-corrected chi connectivity index (χ3v) is 9.32. The first-order valence-corrected chi connectivity index (χ1v) is 18.3. The number of carboxylic acid groups (broad SMARTS) is 1. The Kier molecular flexibility index (Phi) is 16.0. The number of benzene rings is 1. The molecule has 2 unspecified atom stereocenters. The average molecular weight is 736 g/mol. The minimum atomic E-state index is -1.37. The molecule has 0 saturated carbocycles. The monoisotopic (exact) mass is 735 g/mol. The first kappa shape index (κ1) is 42.2. The van der Waals surface area contributed by atoms with Gasteiger partial charge in [-0.3, -0.25) is 33.8 Å². The Balaban J connectivity index is 1.79. The van der Waals surface area contributed by atoms with Gasteiger partial charge in [-0.1, -0.05) is 84.7 Å². The number of carbonyl (C=O) groups excluding carboxylic acids is 6. The van der Waals surface area contributed by atoms with Crippen molar-refractivity contribution in [1.82, 2.24) is 36.1 Å². The highest BCUT2D eigenvalue weighted by Crippen LogP contribution is 2.30. The van der Waals surface area contributed by atoms with Crippen LogP contribution >= 0.6 is 0 Å². The van der Waals surface area contributed by atoms with E-state index in [1.807, 2.05) is 6.92 Å². The lowest BCUT2D eigenvalue weighted by molar-refractivity contribution is -0.146. The van der Waals surface area contributed by atoms with Crippen LogP contribution in [0.5, 0.6) is 0 Å². The summed E-state index contributed by atoms with van der Waals surface area (Å²) in [6.07, 6.45) is 6.38. The van der Waals surface area contributed by atoms with E-state index in [0.717, 1.165) is 6.42 Å². The summed E-state index contributed by atoms with van der Waals surface area (Å²) in [5, 5.41) is 20.3. The Labute approximate surface area is 310 Å². The maximum atomic E-state index is 14.3. The number of aromatic nitrogens is 2. The molecule has 2 heterocycles. The topological polar surface area (TPSA) is 217 Å². The van der Waals surface area contributed by atoms with E-state index >= 15 is 0 Å². The van der Waals surface area contributed by atoms with Gasteiger partial charge in [-0.05, 0) is 42.6 Å². The second-order valence-corrected chi connectivity index (χ2v) is 14.1. The molecule has 1 saturated heterocycles. The van der Waals surface area contributed by atoms with Crippen molar-refractivity contribution >= 4 is 41.3 Å². The number of carboxylic acids is 1. The van der Waals surface area contributed by atoms with Crippen molar-refractivity contribution in [2.75, 3.05) is 6.54 Å². The number of likely N-dealkylation sites (tertiary alicyclic amines) is 1. The highest BCUT2D eigenvalue weighted by molar-refractivity contribution is 6.38. The molecule has 0 spiro atoms. The molecule has 15 nitrogen and oxygen atoms in total. The average Bonchev–Trinajstić information content (AvgIpc) is 3.55. The number of hydrogen-bond acceptors (Lipinski definition) is 9. The van der Waals surface area contributed by atoms with Crippen molar-refractivity contribution in [3.8, 4) is 0 Å².